The van der Waals surface area contributed by atoms with E-state index in [-0.39, 0.29) is 11.9 Å². The molecular weight excluding hydrogens is 272 g/mol. The van der Waals surface area contributed by atoms with Crippen LogP contribution in [-0.4, -0.2) is 18.5 Å². The molecule has 1 aliphatic carbocycles. The maximum atomic E-state index is 12.6. The lowest BCUT2D eigenvalue weighted by Gasteiger charge is -2.29. The van der Waals surface area contributed by atoms with E-state index < -0.39 is 5.41 Å². The van der Waals surface area contributed by atoms with Crippen molar-refractivity contribution in [3.05, 3.63) is 34.9 Å². The van der Waals surface area contributed by atoms with E-state index in [0.717, 1.165) is 24.8 Å². The second-order valence-corrected chi connectivity index (χ2v) is 6.52. The second kappa shape index (κ2) is 6.15. The van der Waals surface area contributed by atoms with Gasteiger partial charge in [0.2, 0.25) is 5.91 Å². The van der Waals surface area contributed by atoms with E-state index in [1.54, 1.807) is 0 Å². The molecule has 1 aromatic rings. The molecular formula is C16H23ClN2O. The van der Waals surface area contributed by atoms with E-state index >= 15 is 0 Å². The molecule has 4 heteroatoms. The normalized spacial score (nSPS) is 22.8. The first-order chi connectivity index (χ1) is 9.46. The fourth-order valence-electron chi connectivity index (χ4n) is 2.95. The highest BCUT2D eigenvalue weighted by Gasteiger charge is 2.35. The molecule has 3 nitrogen and oxygen atoms in total. The molecule has 0 heterocycles. The highest BCUT2D eigenvalue weighted by atomic mass is 35.5. The number of hydrogen-bond acceptors (Lipinski definition) is 2. The van der Waals surface area contributed by atoms with Crippen molar-refractivity contribution in [2.24, 2.45) is 11.7 Å². The topological polar surface area (TPSA) is 55.1 Å². The number of halogens is 1. The average molecular weight is 295 g/mol. The van der Waals surface area contributed by atoms with Gasteiger partial charge in [0.1, 0.15) is 0 Å². The zero-order valence-corrected chi connectivity index (χ0v) is 12.9. The Bertz CT molecular complexity index is 487. The van der Waals surface area contributed by atoms with E-state index in [1.165, 1.54) is 0 Å². The van der Waals surface area contributed by atoms with Gasteiger partial charge in [0.15, 0.2) is 0 Å². The van der Waals surface area contributed by atoms with Crippen LogP contribution in [0.25, 0.3) is 0 Å². The number of benzene rings is 1. The highest BCUT2D eigenvalue weighted by Crippen LogP contribution is 2.31. The van der Waals surface area contributed by atoms with E-state index in [1.807, 2.05) is 38.1 Å². The predicted molar refractivity (Wildman–Crippen MR) is 82.8 cm³/mol. The average Bonchev–Trinajstić information content (AvgIpc) is 2.86. The molecule has 0 aromatic heterocycles. The molecule has 2 unspecified atom stereocenters. The van der Waals surface area contributed by atoms with Crippen molar-refractivity contribution in [2.75, 3.05) is 6.54 Å². The van der Waals surface area contributed by atoms with Gasteiger partial charge in [-0.3, -0.25) is 4.79 Å². The largest absolute Gasteiger partial charge is 0.352 e. The molecule has 3 N–H and O–H groups in total. The van der Waals surface area contributed by atoms with Crippen molar-refractivity contribution in [3.63, 3.8) is 0 Å². The Morgan fingerprint density at radius 3 is 2.75 bits per heavy atom. The lowest BCUT2D eigenvalue weighted by molar-refractivity contribution is -0.126. The molecule has 1 aromatic carbocycles. The molecule has 1 fully saturated rings. The van der Waals surface area contributed by atoms with Gasteiger partial charge in [0.25, 0.3) is 0 Å². The maximum absolute atomic E-state index is 12.6. The SMILES string of the molecule is CC(C)(C(=O)NC1CCCC1CN)c1ccccc1Cl. The number of carbonyl (C=O) groups excluding carboxylic acids is 1. The van der Waals surface area contributed by atoms with Crippen LogP contribution < -0.4 is 11.1 Å². The van der Waals surface area contributed by atoms with Gasteiger partial charge in [-0.15, -0.1) is 0 Å². The lowest BCUT2D eigenvalue weighted by atomic mass is 9.83. The number of amides is 1. The molecule has 1 saturated carbocycles. The van der Waals surface area contributed by atoms with Crippen molar-refractivity contribution in [1.29, 1.82) is 0 Å². The number of carbonyl (C=O) groups is 1. The smallest absolute Gasteiger partial charge is 0.230 e. The summed E-state index contributed by atoms with van der Waals surface area (Å²) >= 11 is 6.23. The van der Waals surface area contributed by atoms with Crippen LogP contribution in [0.3, 0.4) is 0 Å². The summed E-state index contributed by atoms with van der Waals surface area (Å²) in [7, 11) is 0. The number of rotatable bonds is 4. The molecule has 0 bridgehead atoms. The zero-order valence-electron chi connectivity index (χ0n) is 12.2. The van der Waals surface area contributed by atoms with Gasteiger partial charge in [0.05, 0.1) is 5.41 Å². The van der Waals surface area contributed by atoms with Crippen molar-refractivity contribution in [1.82, 2.24) is 5.32 Å². The Morgan fingerprint density at radius 2 is 2.10 bits per heavy atom. The summed E-state index contributed by atoms with van der Waals surface area (Å²) in [6, 6.07) is 7.73. The fraction of sp³-hybridized carbons (Fsp3) is 0.562. The number of nitrogens with two attached hydrogens (primary N) is 1. The Labute approximate surface area is 125 Å². The molecule has 110 valence electrons. The van der Waals surface area contributed by atoms with Crippen LogP contribution in [0.1, 0.15) is 38.7 Å². The minimum atomic E-state index is -0.639. The number of nitrogens with one attached hydrogen (secondary N) is 1. The van der Waals surface area contributed by atoms with Gasteiger partial charge < -0.3 is 11.1 Å². The van der Waals surface area contributed by atoms with Gasteiger partial charge in [0, 0.05) is 11.1 Å². The van der Waals surface area contributed by atoms with E-state index in [4.69, 9.17) is 17.3 Å². The Hall–Kier alpha value is -1.06. The quantitative estimate of drug-likeness (QED) is 0.897. The molecule has 2 rings (SSSR count). The Morgan fingerprint density at radius 1 is 1.40 bits per heavy atom. The minimum Gasteiger partial charge on any atom is -0.352 e. The minimum absolute atomic E-state index is 0.0240. The molecule has 20 heavy (non-hydrogen) atoms. The third-order valence-corrected chi connectivity index (χ3v) is 4.72. The standard InChI is InChI=1S/C16H23ClN2O/c1-16(2,12-7-3-4-8-13(12)17)15(20)19-14-9-5-6-11(14)10-18/h3-4,7-8,11,14H,5-6,9-10,18H2,1-2H3,(H,19,20). The Kier molecular flexibility index (Phi) is 4.71. The van der Waals surface area contributed by atoms with Crippen LogP contribution in [0.5, 0.6) is 0 Å². The first-order valence-electron chi connectivity index (χ1n) is 7.23. The summed E-state index contributed by atoms with van der Waals surface area (Å²) < 4.78 is 0. The Balaban J connectivity index is 2.13. The van der Waals surface area contributed by atoms with E-state index in [9.17, 15) is 4.79 Å². The van der Waals surface area contributed by atoms with Crippen molar-refractivity contribution in [2.45, 2.75) is 44.6 Å². The van der Waals surface area contributed by atoms with Crippen LogP contribution in [0.4, 0.5) is 0 Å². The molecule has 1 amide bonds. The monoisotopic (exact) mass is 294 g/mol. The third kappa shape index (κ3) is 2.99. The summed E-state index contributed by atoms with van der Waals surface area (Å²) in [5.74, 6) is 0.428. The van der Waals surface area contributed by atoms with E-state index in [0.29, 0.717) is 17.5 Å². The summed E-state index contributed by atoms with van der Waals surface area (Å²) in [4.78, 5) is 12.6. The van der Waals surface area contributed by atoms with E-state index in [2.05, 4.69) is 5.32 Å². The third-order valence-electron chi connectivity index (χ3n) is 4.39. The molecule has 1 aliphatic rings. The lowest BCUT2D eigenvalue weighted by Crippen LogP contribution is -2.47. The van der Waals surface area contributed by atoms with Crippen molar-refractivity contribution >= 4 is 17.5 Å². The summed E-state index contributed by atoms with van der Waals surface area (Å²) in [6.45, 7) is 4.46. The van der Waals surface area contributed by atoms with Crippen molar-refractivity contribution in [3.8, 4) is 0 Å². The molecule has 2 atom stereocenters. The summed E-state index contributed by atoms with van der Waals surface area (Å²) in [6.07, 6.45) is 3.26. The van der Waals surface area contributed by atoms with Crippen LogP contribution >= 0.6 is 11.6 Å². The second-order valence-electron chi connectivity index (χ2n) is 6.11. The summed E-state index contributed by atoms with van der Waals surface area (Å²) in [5, 5.41) is 3.80. The van der Waals surface area contributed by atoms with Crippen LogP contribution in [-0.2, 0) is 10.2 Å². The molecule has 0 spiro atoms. The van der Waals surface area contributed by atoms with Gasteiger partial charge in [-0.05, 0) is 50.8 Å². The van der Waals surface area contributed by atoms with Gasteiger partial charge in [-0.2, -0.15) is 0 Å². The van der Waals surface area contributed by atoms with Crippen LogP contribution in [0.2, 0.25) is 5.02 Å². The first kappa shape index (κ1) is 15.3. The molecule has 0 radical (unpaired) electrons. The molecule has 0 saturated heterocycles. The van der Waals surface area contributed by atoms with Crippen LogP contribution in [0, 0.1) is 5.92 Å². The van der Waals surface area contributed by atoms with Gasteiger partial charge in [-0.1, -0.05) is 36.2 Å². The van der Waals surface area contributed by atoms with Crippen LogP contribution in [0.15, 0.2) is 24.3 Å². The first-order valence-corrected chi connectivity index (χ1v) is 7.60. The summed E-state index contributed by atoms with van der Waals surface area (Å²) in [5.41, 5.74) is 6.00. The number of hydrogen-bond donors (Lipinski definition) is 2. The zero-order chi connectivity index (χ0) is 14.8. The predicted octanol–water partition coefficient (Wildman–Crippen LogP) is 2.86. The van der Waals surface area contributed by atoms with Gasteiger partial charge in [-0.25, -0.2) is 0 Å². The maximum Gasteiger partial charge on any atom is 0.230 e. The highest BCUT2D eigenvalue weighted by molar-refractivity contribution is 6.31. The van der Waals surface area contributed by atoms with Crippen molar-refractivity contribution < 1.29 is 4.79 Å². The molecule has 0 aliphatic heterocycles. The fourth-order valence-corrected chi connectivity index (χ4v) is 3.32. The van der Waals surface area contributed by atoms with Gasteiger partial charge >= 0.3 is 0 Å².